The van der Waals surface area contributed by atoms with Crippen molar-refractivity contribution in [3.63, 3.8) is 0 Å². The molecule has 1 unspecified atom stereocenters. The maximum absolute atomic E-state index is 5.56. The topological polar surface area (TPSA) is 51.4 Å². The van der Waals surface area contributed by atoms with E-state index in [1.54, 1.807) is 7.11 Å². The summed E-state index contributed by atoms with van der Waals surface area (Å²) >= 11 is 0. The van der Waals surface area contributed by atoms with Gasteiger partial charge in [-0.25, -0.2) is 0 Å². The third-order valence-electron chi connectivity index (χ3n) is 4.92. The maximum Gasteiger partial charge on any atom is 0.231 e. The molecule has 26 heavy (non-hydrogen) atoms. The van der Waals surface area contributed by atoms with Crippen molar-refractivity contribution in [1.29, 1.82) is 0 Å². The summed E-state index contributed by atoms with van der Waals surface area (Å²) in [6, 6.07) is 16.5. The quantitative estimate of drug-likeness (QED) is 0.696. The highest BCUT2D eigenvalue weighted by Gasteiger charge is 2.28. The predicted molar refractivity (Wildman–Crippen MR) is 100 cm³/mol. The van der Waals surface area contributed by atoms with Crippen LogP contribution >= 0.6 is 0 Å². The second-order valence-electron chi connectivity index (χ2n) is 6.89. The highest BCUT2D eigenvalue weighted by Crippen LogP contribution is 2.29. The normalized spacial score (nSPS) is 17.5. The molecule has 0 bridgehead atoms. The van der Waals surface area contributed by atoms with Crippen LogP contribution in [0.4, 0.5) is 0 Å². The van der Waals surface area contributed by atoms with E-state index in [9.17, 15) is 0 Å². The Morgan fingerprint density at radius 1 is 1.19 bits per heavy atom. The molecule has 3 aromatic rings. The van der Waals surface area contributed by atoms with Gasteiger partial charge in [-0.2, -0.15) is 4.98 Å². The van der Waals surface area contributed by atoms with Crippen molar-refractivity contribution in [1.82, 2.24) is 15.0 Å². The molecule has 1 fully saturated rings. The molecular weight excluding hydrogens is 326 g/mol. The van der Waals surface area contributed by atoms with Crippen LogP contribution in [-0.4, -0.2) is 35.2 Å². The van der Waals surface area contributed by atoms with Gasteiger partial charge < -0.3 is 9.26 Å². The molecule has 1 aliphatic heterocycles. The summed E-state index contributed by atoms with van der Waals surface area (Å²) in [5.41, 5.74) is 3.55. The summed E-state index contributed by atoms with van der Waals surface area (Å²) < 4.78 is 10.8. The minimum Gasteiger partial charge on any atom is -0.497 e. The maximum atomic E-state index is 5.56. The monoisotopic (exact) mass is 349 g/mol. The standard InChI is InChI=1S/C21H23N3O2/c1-15-6-8-16(9-7-15)13-24-11-10-18(14-24)21-22-20(23-26-21)17-4-3-5-19(12-17)25-2/h3-9,12,18H,10-11,13-14H2,1-2H3. The Bertz CT molecular complexity index is 873. The van der Waals surface area contributed by atoms with Gasteiger partial charge in [-0.15, -0.1) is 0 Å². The summed E-state index contributed by atoms with van der Waals surface area (Å²) in [5.74, 6) is 2.44. The molecule has 0 spiro atoms. The summed E-state index contributed by atoms with van der Waals surface area (Å²) in [5, 5.41) is 4.16. The molecule has 134 valence electrons. The zero-order valence-electron chi connectivity index (χ0n) is 15.2. The van der Waals surface area contributed by atoms with E-state index >= 15 is 0 Å². The highest BCUT2D eigenvalue weighted by atomic mass is 16.5. The van der Waals surface area contributed by atoms with Crippen LogP contribution in [0.1, 0.15) is 29.4 Å². The van der Waals surface area contributed by atoms with E-state index in [1.165, 1.54) is 11.1 Å². The van der Waals surface area contributed by atoms with Crippen LogP contribution in [0.3, 0.4) is 0 Å². The molecule has 2 heterocycles. The molecule has 0 radical (unpaired) electrons. The Labute approximate surface area is 153 Å². The van der Waals surface area contributed by atoms with Crippen molar-refractivity contribution in [2.75, 3.05) is 20.2 Å². The first-order valence-corrected chi connectivity index (χ1v) is 8.97. The molecule has 5 heteroatoms. The summed E-state index contributed by atoms with van der Waals surface area (Å²) in [7, 11) is 1.65. The van der Waals surface area contributed by atoms with E-state index in [1.807, 2.05) is 24.3 Å². The molecule has 0 amide bonds. The van der Waals surface area contributed by atoms with Crippen molar-refractivity contribution in [3.8, 4) is 17.1 Å². The lowest BCUT2D eigenvalue weighted by Crippen LogP contribution is -2.19. The van der Waals surface area contributed by atoms with Crippen LogP contribution in [0.5, 0.6) is 5.75 Å². The predicted octanol–water partition coefficient (Wildman–Crippen LogP) is 4.04. The molecule has 1 aliphatic rings. The minimum atomic E-state index is 0.298. The van der Waals surface area contributed by atoms with Crippen LogP contribution in [0, 0.1) is 6.92 Å². The fourth-order valence-electron chi connectivity index (χ4n) is 3.41. The van der Waals surface area contributed by atoms with Gasteiger partial charge in [-0.3, -0.25) is 4.90 Å². The molecule has 0 N–H and O–H groups in total. The van der Waals surface area contributed by atoms with Gasteiger partial charge in [0, 0.05) is 18.7 Å². The fourth-order valence-corrected chi connectivity index (χ4v) is 3.41. The molecule has 5 nitrogen and oxygen atoms in total. The second-order valence-corrected chi connectivity index (χ2v) is 6.89. The largest absolute Gasteiger partial charge is 0.497 e. The number of hydrogen-bond donors (Lipinski definition) is 0. The number of ether oxygens (including phenoxy) is 1. The van der Waals surface area contributed by atoms with Crippen molar-refractivity contribution in [2.24, 2.45) is 0 Å². The Morgan fingerprint density at radius 2 is 2.04 bits per heavy atom. The molecule has 4 rings (SSSR count). The van der Waals surface area contributed by atoms with Crippen LogP contribution < -0.4 is 4.74 Å². The SMILES string of the molecule is COc1cccc(-c2noc(C3CCN(Cc4ccc(C)cc4)C3)n2)c1. The number of aromatic nitrogens is 2. The number of hydrogen-bond acceptors (Lipinski definition) is 5. The Hall–Kier alpha value is -2.66. The number of methoxy groups -OCH3 is 1. The molecule has 1 aromatic heterocycles. The average Bonchev–Trinajstić information content (AvgIpc) is 3.33. The first-order valence-electron chi connectivity index (χ1n) is 8.97. The lowest BCUT2D eigenvalue weighted by Gasteiger charge is -2.15. The van der Waals surface area contributed by atoms with Crippen molar-refractivity contribution < 1.29 is 9.26 Å². The van der Waals surface area contributed by atoms with Gasteiger partial charge in [0.25, 0.3) is 0 Å². The Kier molecular flexibility index (Phi) is 4.71. The number of benzene rings is 2. The van der Waals surface area contributed by atoms with Gasteiger partial charge in [-0.1, -0.05) is 47.1 Å². The lowest BCUT2D eigenvalue weighted by atomic mass is 10.1. The Morgan fingerprint density at radius 3 is 2.85 bits per heavy atom. The number of nitrogens with zero attached hydrogens (tertiary/aromatic N) is 3. The summed E-state index contributed by atoms with van der Waals surface area (Å²) in [4.78, 5) is 7.08. The second kappa shape index (κ2) is 7.30. The third kappa shape index (κ3) is 3.63. The van der Waals surface area contributed by atoms with Gasteiger partial charge >= 0.3 is 0 Å². The first kappa shape index (κ1) is 16.8. The Balaban J connectivity index is 1.42. The van der Waals surface area contributed by atoms with E-state index in [0.717, 1.165) is 43.3 Å². The average molecular weight is 349 g/mol. The third-order valence-corrected chi connectivity index (χ3v) is 4.92. The van der Waals surface area contributed by atoms with E-state index in [4.69, 9.17) is 9.26 Å². The van der Waals surface area contributed by atoms with Crippen molar-refractivity contribution >= 4 is 0 Å². The molecule has 1 atom stereocenters. The van der Waals surface area contributed by atoms with Gasteiger partial charge in [0.2, 0.25) is 11.7 Å². The van der Waals surface area contributed by atoms with Crippen LogP contribution in [0.15, 0.2) is 53.1 Å². The number of aryl methyl sites for hydroxylation is 1. The van der Waals surface area contributed by atoms with Gasteiger partial charge in [0.1, 0.15) is 5.75 Å². The zero-order valence-corrected chi connectivity index (χ0v) is 15.2. The van der Waals surface area contributed by atoms with Crippen molar-refractivity contribution in [2.45, 2.75) is 25.8 Å². The molecule has 0 saturated carbocycles. The highest BCUT2D eigenvalue weighted by molar-refractivity contribution is 5.56. The van der Waals surface area contributed by atoms with E-state index < -0.39 is 0 Å². The zero-order chi connectivity index (χ0) is 17.9. The molecule has 0 aliphatic carbocycles. The van der Waals surface area contributed by atoms with Crippen LogP contribution in [0.2, 0.25) is 0 Å². The van der Waals surface area contributed by atoms with E-state index in [0.29, 0.717) is 11.7 Å². The van der Waals surface area contributed by atoms with E-state index in [2.05, 4.69) is 46.2 Å². The first-order chi connectivity index (χ1) is 12.7. The number of rotatable bonds is 5. The van der Waals surface area contributed by atoms with Crippen LogP contribution in [0.25, 0.3) is 11.4 Å². The molecule has 1 saturated heterocycles. The van der Waals surface area contributed by atoms with E-state index in [-0.39, 0.29) is 0 Å². The van der Waals surface area contributed by atoms with Gasteiger partial charge in [0.15, 0.2) is 0 Å². The van der Waals surface area contributed by atoms with Crippen LogP contribution in [-0.2, 0) is 6.54 Å². The van der Waals surface area contributed by atoms with Gasteiger partial charge in [-0.05, 0) is 37.6 Å². The fraction of sp³-hybridized carbons (Fsp3) is 0.333. The van der Waals surface area contributed by atoms with Crippen molar-refractivity contribution in [3.05, 3.63) is 65.5 Å². The molecular formula is C21H23N3O2. The molecule has 2 aromatic carbocycles. The lowest BCUT2D eigenvalue weighted by molar-refractivity contribution is 0.309. The smallest absolute Gasteiger partial charge is 0.231 e. The summed E-state index contributed by atoms with van der Waals surface area (Å²) in [6.07, 6.45) is 1.05. The number of likely N-dealkylation sites (tertiary alicyclic amines) is 1. The summed E-state index contributed by atoms with van der Waals surface area (Å²) in [6.45, 7) is 5.09. The minimum absolute atomic E-state index is 0.298. The van der Waals surface area contributed by atoms with Gasteiger partial charge in [0.05, 0.1) is 13.0 Å².